The number of carbonyl (C=O) groups excluding carboxylic acids is 2. The van der Waals surface area contributed by atoms with Crippen LogP contribution in [0.2, 0.25) is 0 Å². The topological polar surface area (TPSA) is 107 Å². The Bertz CT molecular complexity index is 1320. The van der Waals surface area contributed by atoms with Gasteiger partial charge in [0.2, 0.25) is 5.91 Å². The molecule has 0 saturated carbocycles. The highest BCUT2D eigenvalue weighted by atomic mass is 32.1. The summed E-state index contributed by atoms with van der Waals surface area (Å²) in [7, 11) is 0. The smallest absolute Gasteiger partial charge is 0.259 e. The second kappa shape index (κ2) is 10.1. The number of anilines is 2. The Morgan fingerprint density at radius 3 is 2.42 bits per heavy atom. The van der Waals surface area contributed by atoms with Crippen LogP contribution in [0.4, 0.5) is 10.8 Å². The highest BCUT2D eigenvalue weighted by Gasteiger charge is 2.27. The van der Waals surface area contributed by atoms with Crippen LogP contribution in [0.15, 0.2) is 30.3 Å². The molecule has 10 heteroatoms. The molecule has 1 fully saturated rings. The number of amides is 2. The molecule has 3 heterocycles. The van der Waals surface area contributed by atoms with Crippen molar-refractivity contribution in [2.45, 2.75) is 46.6 Å². The van der Waals surface area contributed by atoms with Crippen LogP contribution in [-0.2, 0) is 16.8 Å². The number of nitrogens with one attached hydrogen (secondary N) is 1. The normalized spacial score (nSPS) is 14.0. The van der Waals surface area contributed by atoms with E-state index in [1.165, 1.54) is 11.3 Å². The summed E-state index contributed by atoms with van der Waals surface area (Å²) in [6.45, 7) is 12.5. The zero-order valence-corrected chi connectivity index (χ0v) is 22.1. The molecule has 188 valence electrons. The summed E-state index contributed by atoms with van der Waals surface area (Å²) in [4.78, 5) is 35.1. The number of carbonyl (C=O) groups is 2. The number of nitrogens with zero attached hydrogens (tertiary/aromatic N) is 6. The first kappa shape index (κ1) is 25.4. The minimum Gasteiger partial charge on any atom is -0.367 e. The van der Waals surface area contributed by atoms with E-state index in [9.17, 15) is 14.9 Å². The summed E-state index contributed by atoms with van der Waals surface area (Å²) in [6, 6.07) is 11.6. The minimum atomic E-state index is -0.297. The number of nitriles is 1. The third kappa shape index (κ3) is 5.41. The molecule has 2 aromatic heterocycles. The number of piperazine rings is 1. The zero-order valence-electron chi connectivity index (χ0n) is 21.3. The maximum absolute atomic E-state index is 13.2. The molecule has 36 heavy (non-hydrogen) atoms. The van der Waals surface area contributed by atoms with Gasteiger partial charge in [-0.3, -0.25) is 19.6 Å². The summed E-state index contributed by atoms with van der Waals surface area (Å²) in [5.41, 5.74) is 3.60. The highest BCUT2D eigenvalue weighted by molar-refractivity contribution is 7.16. The standard InChI is InChI=1S/C26H31N7O2S/c1-17-14-18(2)33(30-17)16-22(34)32-12-10-31(11-13-32)20-9-7-6-8-19(20)24(35)29-25-28-23(26(3,4)5)21(15-27)36-25/h6-9,14H,10-13,16H2,1-5H3,(H,28,29,35). The largest absolute Gasteiger partial charge is 0.367 e. The van der Waals surface area contributed by atoms with Gasteiger partial charge in [0, 0.05) is 43.0 Å². The summed E-state index contributed by atoms with van der Waals surface area (Å²) < 4.78 is 1.74. The molecule has 1 N–H and O–H groups in total. The first-order valence-corrected chi connectivity index (χ1v) is 12.7. The van der Waals surface area contributed by atoms with Gasteiger partial charge in [-0.2, -0.15) is 10.4 Å². The molecule has 0 radical (unpaired) electrons. The molecule has 1 aliphatic heterocycles. The number of aromatic nitrogens is 3. The van der Waals surface area contributed by atoms with Crippen LogP contribution < -0.4 is 10.2 Å². The SMILES string of the molecule is Cc1cc(C)n(CC(=O)N2CCN(c3ccccc3C(=O)Nc3nc(C(C)(C)C)c(C#N)s3)CC2)n1. The van der Waals surface area contributed by atoms with Gasteiger partial charge in [-0.25, -0.2) is 4.98 Å². The highest BCUT2D eigenvalue weighted by Crippen LogP contribution is 2.32. The fourth-order valence-corrected chi connectivity index (χ4v) is 5.29. The molecule has 9 nitrogen and oxygen atoms in total. The predicted molar refractivity (Wildman–Crippen MR) is 140 cm³/mol. The number of aryl methyl sites for hydroxylation is 2. The summed E-state index contributed by atoms with van der Waals surface area (Å²) in [5, 5.41) is 17.2. The average molecular weight is 506 g/mol. The van der Waals surface area contributed by atoms with E-state index in [4.69, 9.17) is 0 Å². The van der Waals surface area contributed by atoms with Crippen molar-refractivity contribution in [2.24, 2.45) is 0 Å². The van der Waals surface area contributed by atoms with Crippen LogP contribution in [-0.4, -0.2) is 57.7 Å². The Labute approximate surface area is 215 Å². The molecule has 1 saturated heterocycles. The predicted octanol–water partition coefficient (Wildman–Crippen LogP) is 3.73. The summed E-state index contributed by atoms with van der Waals surface area (Å²) in [6.07, 6.45) is 0. The number of hydrogen-bond acceptors (Lipinski definition) is 7. The monoisotopic (exact) mass is 505 g/mol. The van der Waals surface area contributed by atoms with Crippen molar-refractivity contribution < 1.29 is 9.59 Å². The van der Waals surface area contributed by atoms with E-state index in [1.807, 2.05) is 63.8 Å². The lowest BCUT2D eigenvalue weighted by molar-refractivity contribution is -0.132. The fraction of sp³-hybridized carbons (Fsp3) is 0.423. The van der Waals surface area contributed by atoms with E-state index < -0.39 is 0 Å². The lowest BCUT2D eigenvalue weighted by Crippen LogP contribution is -2.50. The van der Waals surface area contributed by atoms with Gasteiger partial charge >= 0.3 is 0 Å². The van der Waals surface area contributed by atoms with Crippen LogP contribution in [0.25, 0.3) is 0 Å². The molecule has 1 aliphatic rings. The Morgan fingerprint density at radius 1 is 1.14 bits per heavy atom. The lowest BCUT2D eigenvalue weighted by Gasteiger charge is -2.36. The minimum absolute atomic E-state index is 0.0404. The fourth-order valence-electron chi connectivity index (χ4n) is 4.32. The van der Waals surface area contributed by atoms with Crippen LogP contribution in [0, 0.1) is 25.2 Å². The van der Waals surface area contributed by atoms with Crippen molar-refractivity contribution in [1.29, 1.82) is 5.26 Å². The Balaban J connectivity index is 1.43. The third-order valence-corrected chi connectivity index (χ3v) is 7.05. The summed E-state index contributed by atoms with van der Waals surface area (Å²) >= 11 is 1.19. The van der Waals surface area contributed by atoms with Crippen molar-refractivity contribution >= 4 is 34.0 Å². The molecule has 4 rings (SSSR count). The average Bonchev–Trinajstić information content (AvgIpc) is 3.40. The van der Waals surface area contributed by atoms with Crippen molar-refractivity contribution in [2.75, 3.05) is 36.4 Å². The van der Waals surface area contributed by atoms with E-state index >= 15 is 0 Å². The van der Waals surface area contributed by atoms with Crippen LogP contribution >= 0.6 is 11.3 Å². The van der Waals surface area contributed by atoms with Gasteiger partial charge in [-0.1, -0.05) is 44.2 Å². The van der Waals surface area contributed by atoms with E-state index in [1.54, 1.807) is 10.7 Å². The van der Waals surface area contributed by atoms with Gasteiger partial charge < -0.3 is 9.80 Å². The molecule has 2 amide bonds. The molecular weight excluding hydrogens is 474 g/mol. The van der Waals surface area contributed by atoms with E-state index in [-0.39, 0.29) is 23.8 Å². The van der Waals surface area contributed by atoms with E-state index in [2.05, 4.69) is 26.4 Å². The van der Waals surface area contributed by atoms with Crippen molar-refractivity contribution in [3.8, 4) is 6.07 Å². The van der Waals surface area contributed by atoms with E-state index in [0.717, 1.165) is 17.1 Å². The van der Waals surface area contributed by atoms with E-state index in [0.29, 0.717) is 47.4 Å². The van der Waals surface area contributed by atoms with Crippen LogP contribution in [0.5, 0.6) is 0 Å². The number of para-hydroxylation sites is 1. The number of thiazole rings is 1. The van der Waals surface area contributed by atoms with Gasteiger partial charge in [0.1, 0.15) is 17.5 Å². The molecule has 0 unspecified atom stereocenters. The quantitative estimate of drug-likeness (QED) is 0.566. The van der Waals surface area contributed by atoms with Crippen molar-refractivity contribution in [3.63, 3.8) is 0 Å². The first-order chi connectivity index (χ1) is 17.1. The maximum atomic E-state index is 13.2. The molecule has 0 bridgehead atoms. The van der Waals surface area contributed by atoms with Crippen LogP contribution in [0.1, 0.15) is 53.1 Å². The number of hydrogen-bond donors (Lipinski definition) is 1. The molecule has 0 aliphatic carbocycles. The second-order valence-corrected chi connectivity index (χ2v) is 11.0. The Morgan fingerprint density at radius 2 is 1.83 bits per heavy atom. The molecule has 0 atom stereocenters. The Hall–Kier alpha value is -3.71. The van der Waals surface area contributed by atoms with Gasteiger partial charge in [0.05, 0.1) is 17.0 Å². The molecule has 1 aromatic carbocycles. The van der Waals surface area contributed by atoms with Gasteiger partial charge in [-0.15, -0.1) is 0 Å². The summed E-state index contributed by atoms with van der Waals surface area (Å²) in [5.74, 6) is -0.231. The Kier molecular flexibility index (Phi) is 7.13. The lowest BCUT2D eigenvalue weighted by atomic mass is 9.91. The molecular formula is C26H31N7O2S. The van der Waals surface area contributed by atoms with Crippen molar-refractivity contribution in [3.05, 3.63) is 57.9 Å². The molecule has 3 aromatic rings. The van der Waals surface area contributed by atoms with Crippen molar-refractivity contribution in [1.82, 2.24) is 19.7 Å². The zero-order chi connectivity index (χ0) is 26.0. The van der Waals surface area contributed by atoms with Gasteiger partial charge in [-0.05, 0) is 32.0 Å². The maximum Gasteiger partial charge on any atom is 0.259 e. The molecule has 0 spiro atoms. The van der Waals surface area contributed by atoms with Crippen LogP contribution in [0.3, 0.4) is 0 Å². The second-order valence-electron chi connectivity index (χ2n) is 9.98. The number of rotatable bonds is 5. The number of benzene rings is 1. The third-order valence-electron chi connectivity index (χ3n) is 6.17. The van der Waals surface area contributed by atoms with Gasteiger partial charge in [0.15, 0.2) is 5.13 Å². The van der Waals surface area contributed by atoms with Gasteiger partial charge in [0.25, 0.3) is 5.91 Å². The first-order valence-electron chi connectivity index (χ1n) is 11.9.